The Balaban J connectivity index is 2.07. The van der Waals surface area contributed by atoms with Crippen LogP contribution in [0.25, 0.3) is 0 Å². The molecule has 0 aliphatic rings. The van der Waals surface area contributed by atoms with E-state index in [1.54, 1.807) is 12.1 Å². The number of nitrogens with one attached hydrogen (secondary N) is 1. The largest absolute Gasteiger partial charge is 0.505 e. The van der Waals surface area contributed by atoms with Gasteiger partial charge in [0.2, 0.25) is 0 Å². The summed E-state index contributed by atoms with van der Waals surface area (Å²) in [6, 6.07) is 12.6. The van der Waals surface area contributed by atoms with Crippen LogP contribution < -0.4 is 5.32 Å². The zero-order valence-corrected chi connectivity index (χ0v) is 12.1. The molecule has 2 rings (SSSR count). The summed E-state index contributed by atoms with van der Waals surface area (Å²) in [6.07, 6.45) is 0. The van der Waals surface area contributed by atoms with Crippen LogP contribution in [0.3, 0.4) is 0 Å². The minimum Gasteiger partial charge on any atom is -0.505 e. The highest BCUT2D eigenvalue weighted by molar-refractivity contribution is 9.10. The molecule has 19 heavy (non-hydrogen) atoms. The lowest BCUT2D eigenvalue weighted by Gasteiger charge is -2.16. The van der Waals surface area contributed by atoms with E-state index in [9.17, 15) is 9.50 Å². The number of benzene rings is 2. The zero-order valence-electron chi connectivity index (χ0n) is 10.5. The Morgan fingerprint density at radius 2 is 1.95 bits per heavy atom. The zero-order chi connectivity index (χ0) is 13.8. The average molecular weight is 324 g/mol. The lowest BCUT2D eigenvalue weighted by molar-refractivity contribution is 0.420. The topological polar surface area (TPSA) is 32.3 Å². The third kappa shape index (κ3) is 3.33. The minimum absolute atomic E-state index is 0.0956. The Labute approximate surface area is 120 Å². The van der Waals surface area contributed by atoms with Gasteiger partial charge in [-0.2, -0.15) is 0 Å². The molecule has 100 valence electrons. The van der Waals surface area contributed by atoms with Gasteiger partial charge in [0, 0.05) is 22.6 Å². The number of hydrogen-bond acceptors (Lipinski definition) is 2. The van der Waals surface area contributed by atoms with E-state index in [2.05, 4.69) is 21.2 Å². The van der Waals surface area contributed by atoms with Gasteiger partial charge in [0.05, 0.1) is 0 Å². The van der Waals surface area contributed by atoms with Crippen molar-refractivity contribution in [2.24, 2.45) is 0 Å². The molecule has 2 aromatic carbocycles. The van der Waals surface area contributed by atoms with E-state index in [0.717, 1.165) is 10.0 Å². The molecule has 0 aliphatic carbocycles. The molecule has 0 saturated heterocycles. The highest BCUT2D eigenvalue weighted by Gasteiger charge is 2.10. The first kappa shape index (κ1) is 14.0. The van der Waals surface area contributed by atoms with Crippen LogP contribution in [0.15, 0.2) is 46.9 Å². The van der Waals surface area contributed by atoms with Crippen LogP contribution in [0.1, 0.15) is 24.1 Å². The Hall–Kier alpha value is -1.39. The molecule has 4 heteroatoms. The van der Waals surface area contributed by atoms with Crippen molar-refractivity contribution in [1.29, 1.82) is 0 Å². The summed E-state index contributed by atoms with van der Waals surface area (Å²) >= 11 is 3.50. The molecule has 0 fully saturated rings. The highest BCUT2D eigenvalue weighted by atomic mass is 79.9. The van der Waals surface area contributed by atoms with Gasteiger partial charge in [-0.05, 0) is 24.6 Å². The van der Waals surface area contributed by atoms with E-state index >= 15 is 0 Å². The van der Waals surface area contributed by atoms with Crippen molar-refractivity contribution in [3.05, 3.63) is 63.9 Å². The van der Waals surface area contributed by atoms with Crippen molar-refractivity contribution >= 4 is 15.9 Å². The van der Waals surface area contributed by atoms with Crippen LogP contribution >= 0.6 is 15.9 Å². The Kier molecular flexibility index (Phi) is 4.56. The summed E-state index contributed by atoms with van der Waals surface area (Å²) < 4.78 is 14.2. The van der Waals surface area contributed by atoms with Crippen molar-refractivity contribution in [3.63, 3.8) is 0 Å². The molecule has 0 unspecified atom stereocenters. The fraction of sp³-hybridized carbons (Fsp3) is 0.200. The third-order valence-corrected chi connectivity index (χ3v) is 3.76. The van der Waals surface area contributed by atoms with E-state index in [-0.39, 0.29) is 11.8 Å². The Morgan fingerprint density at radius 3 is 2.68 bits per heavy atom. The normalized spacial score (nSPS) is 12.4. The van der Waals surface area contributed by atoms with Gasteiger partial charge in [-0.1, -0.05) is 46.3 Å². The Morgan fingerprint density at radius 1 is 1.21 bits per heavy atom. The summed E-state index contributed by atoms with van der Waals surface area (Å²) in [5.74, 6) is -0.873. The van der Waals surface area contributed by atoms with Crippen LogP contribution in [0.5, 0.6) is 5.75 Å². The fourth-order valence-electron chi connectivity index (χ4n) is 1.90. The number of phenols is 1. The smallest absolute Gasteiger partial charge is 0.165 e. The van der Waals surface area contributed by atoms with Crippen molar-refractivity contribution < 1.29 is 9.50 Å². The maximum atomic E-state index is 13.2. The molecule has 0 saturated carbocycles. The molecule has 0 aliphatic heterocycles. The number of aromatic hydroxyl groups is 1. The first-order chi connectivity index (χ1) is 9.09. The van der Waals surface area contributed by atoms with E-state index in [4.69, 9.17) is 0 Å². The van der Waals surface area contributed by atoms with Crippen LogP contribution in [0.2, 0.25) is 0 Å². The first-order valence-electron chi connectivity index (χ1n) is 6.03. The predicted octanol–water partition coefficient (Wildman–Crippen LogP) is 4.14. The van der Waals surface area contributed by atoms with Gasteiger partial charge in [0.15, 0.2) is 11.6 Å². The number of rotatable bonds is 4. The summed E-state index contributed by atoms with van der Waals surface area (Å²) in [7, 11) is 0. The maximum Gasteiger partial charge on any atom is 0.165 e. The lowest BCUT2D eigenvalue weighted by Crippen LogP contribution is -2.18. The minimum atomic E-state index is -0.590. The first-order valence-corrected chi connectivity index (χ1v) is 6.83. The van der Waals surface area contributed by atoms with Gasteiger partial charge in [-0.15, -0.1) is 0 Å². The van der Waals surface area contributed by atoms with Gasteiger partial charge >= 0.3 is 0 Å². The van der Waals surface area contributed by atoms with Gasteiger partial charge in [0.25, 0.3) is 0 Å². The van der Waals surface area contributed by atoms with Crippen molar-refractivity contribution in [2.75, 3.05) is 0 Å². The van der Waals surface area contributed by atoms with Crippen molar-refractivity contribution in [3.8, 4) is 5.75 Å². The number of para-hydroxylation sites is 1. The van der Waals surface area contributed by atoms with Gasteiger partial charge in [-0.3, -0.25) is 0 Å². The summed E-state index contributed by atoms with van der Waals surface area (Å²) in [4.78, 5) is 0. The van der Waals surface area contributed by atoms with E-state index in [1.807, 2.05) is 31.2 Å². The molecule has 1 atom stereocenters. The van der Waals surface area contributed by atoms with Gasteiger partial charge < -0.3 is 10.4 Å². The number of halogens is 2. The van der Waals surface area contributed by atoms with Crippen molar-refractivity contribution in [1.82, 2.24) is 5.32 Å². The molecule has 0 amide bonds. The molecule has 0 bridgehead atoms. The molecule has 2 N–H and O–H groups in total. The van der Waals surface area contributed by atoms with Gasteiger partial charge in [-0.25, -0.2) is 4.39 Å². The van der Waals surface area contributed by atoms with Crippen LogP contribution in [0, 0.1) is 5.82 Å². The van der Waals surface area contributed by atoms with E-state index in [1.165, 1.54) is 6.07 Å². The molecular formula is C15H15BrFNO. The molecule has 0 spiro atoms. The molecule has 0 aromatic heterocycles. The second kappa shape index (κ2) is 6.17. The van der Waals surface area contributed by atoms with Crippen LogP contribution in [-0.2, 0) is 6.54 Å². The number of phenolic OH excluding ortho intramolecular Hbond substituents is 1. The molecular weight excluding hydrogens is 309 g/mol. The van der Waals surface area contributed by atoms with Crippen LogP contribution in [0.4, 0.5) is 4.39 Å². The Bertz CT molecular complexity index is 574. The third-order valence-electron chi connectivity index (χ3n) is 3.04. The van der Waals surface area contributed by atoms with Gasteiger partial charge in [0.1, 0.15) is 0 Å². The van der Waals surface area contributed by atoms with Crippen molar-refractivity contribution in [2.45, 2.75) is 19.5 Å². The highest BCUT2D eigenvalue weighted by Crippen LogP contribution is 2.25. The summed E-state index contributed by atoms with van der Waals surface area (Å²) in [5.41, 5.74) is 1.68. The molecule has 0 heterocycles. The average Bonchev–Trinajstić information content (AvgIpc) is 2.40. The fourth-order valence-corrected chi connectivity index (χ4v) is 2.53. The standard InChI is InChI=1S/C15H15BrFNO/c1-10(12-6-2-3-7-13(12)16)18-9-11-5-4-8-14(17)15(11)19/h2-8,10,18-19H,9H2,1H3/t10-/m0/s1. The van der Waals surface area contributed by atoms with E-state index in [0.29, 0.717) is 12.1 Å². The molecule has 2 aromatic rings. The maximum absolute atomic E-state index is 13.2. The second-order valence-electron chi connectivity index (χ2n) is 4.37. The van der Waals surface area contributed by atoms with Crippen LogP contribution in [-0.4, -0.2) is 5.11 Å². The predicted molar refractivity (Wildman–Crippen MR) is 77.5 cm³/mol. The summed E-state index contributed by atoms with van der Waals surface area (Å²) in [6.45, 7) is 2.43. The lowest BCUT2D eigenvalue weighted by atomic mass is 10.1. The van der Waals surface area contributed by atoms with E-state index < -0.39 is 5.82 Å². The quantitative estimate of drug-likeness (QED) is 0.886. The monoisotopic (exact) mass is 323 g/mol. The molecule has 2 nitrogen and oxygen atoms in total. The SMILES string of the molecule is C[C@H](NCc1cccc(F)c1O)c1ccccc1Br. The molecule has 0 radical (unpaired) electrons. The second-order valence-corrected chi connectivity index (χ2v) is 5.23. The number of hydrogen-bond donors (Lipinski definition) is 2. The summed E-state index contributed by atoms with van der Waals surface area (Å²) in [5, 5.41) is 12.9.